The number of nitrogens with zero attached hydrogens (tertiary/aromatic N) is 3. The third-order valence-corrected chi connectivity index (χ3v) is 5.75. The van der Waals surface area contributed by atoms with E-state index in [1.54, 1.807) is 11.3 Å². The fraction of sp³-hybridized carbons (Fsp3) is 0.545. The maximum Gasteiger partial charge on any atom is 0.223 e. The Morgan fingerprint density at radius 1 is 1.25 bits per heavy atom. The molecular weight excluding hydrogens is 370 g/mol. The van der Waals surface area contributed by atoms with E-state index in [-0.39, 0.29) is 5.91 Å². The lowest BCUT2D eigenvalue weighted by atomic mass is 10.1. The first-order valence-corrected chi connectivity index (χ1v) is 11.1. The lowest BCUT2D eigenvalue weighted by Gasteiger charge is -2.25. The Morgan fingerprint density at radius 3 is 2.71 bits per heavy atom. The predicted octanol–water partition coefficient (Wildman–Crippen LogP) is 4.19. The standard InChI is InChI=1S/C22H31N3O2S/c1-18(2)14-22(26)25(13-12-24-10-6-7-11-24)15-19-17-28-21(23-19)16-27-20-8-4-3-5-9-20/h3-5,8-9,17-18H,6-7,10-16H2,1-2H3. The van der Waals surface area contributed by atoms with Gasteiger partial charge in [-0.2, -0.15) is 0 Å². The number of benzene rings is 1. The summed E-state index contributed by atoms with van der Waals surface area (Å²) in [6, 6.07) is 9.78. The molecule has 0 aliphatic carbocycles. The summed E-state index contributed by atoms with van der Waals surface area (Å²) in [4.78, 5) is 21.9. The van der Waals surface area contributed by atoms with Crippen molar-refractivity contribution in [1.29, 1.82) is 0 Å². The van der Waals surface area contributed by atoms with Crippen LogP contribution in [0.2, 0.25) is 0 Å². The molecule has 0 radical (unpaired) electrons. The summed E-state index contributed by atoms with van der Waals surface area (Å²) in [5.41, 5.74) is 0.954. The van der Waals surface area contributed by atoms with Crippen LogP contribution in [-0.4, -0.2) is 46.9 Å². The first-order chi connectivity index (χ1) is 13.6. The number of thiazole rings is 1. The van der Waals surface area contributed by atoms with Gasteiger partial charge < -0.3 is 14.5 Å². The largest absolute Gasteiger partial charge is 0.486 e. The quantitative estimate of drug-likeness (QED) is 0.599. The van der Waals surface area contributed by atoms with Gasteiger partial charge in [0.05, 0.1) is 12.2 Å². The van der Waals surface area contributed by atoms with Crippen molar-refractivity contribution < 1.29 is 9.53 Å². The van der Waals surface area contributed by atoms with Gasteiger partial charge in [-0.3, -0.25) is 4.79 Å². The van der Waals surface area contributed by atoms with Gasteiger partial charge in [-0.25, -0.2) is 4.98 Å². The highest BCUT2D eigenvalue weighted by Gasteiger charge is 2.19. The summed E-state index contributed by atoms with van der Waals surface area (Å²) >= 11 is 1.60. The Labute approximate surface area is 172 Å². The Kier molecular flexibility index (Phi) is 7.86. The van der Waals surface area contributed by atoms with Crippen molar-refractivity contribution in [2.45, 2.75) is 46.3 Å². The van der Waals surface area contributed by atoms with Gasteiger partial charge >= 0.3 is 0 Å². The molecule has 0 atom stereocenters. The number of aromatic nitrogens is 1. The topological polar surface area (TPSA) is 45.7 Å². The number of hydrogen-bond acceptors (Lipinski definition) is 5. The maximum absolute atomic E-state index is 12.7. The van der Waals surface area contributed by atoms with Crippen LogP contribution in [0, 0.1) is 5.92 Å². The monoisotopic (exact) mass is 401 g/mol. The van der Waals surface area contributed by atoms with Crippen molar-refractivity contribution in [1.82, 2.24) is 14.8 Å². The summed E-state index contributed by atoms with van der Waals surface area (Å²) < 4.78 is 5.79. The molecule has 1 aliphatic rings. The molecule has 1 amide bonds. The minimum absolute atomic E-state index is 0.226. The molecule has 152 valence electrons. The van der Waals surface area contributed by atoms with Crippen LogP contribution in [0.1, 0.15) is 43.8 Å². The lowest BCUT2D eigenvalue weighted by molar-refractivity contribution is -0.132. The zero-order chi connectivity index (χ0) is 19.8. The molecule has 1 aromatic carbocycles. The molecule has 1 aromatic heterocycles. The molecule has 6 heteroatoms. The molecule has 1 fully saturated rings. The Bertz CT molecular complexity index is 726. The first kappa shape index (κ1) is 20.8. The van der Waals surface area contributed by atoms with Gasteiger partial charge in [0.2, 0.25) is 5.91 Å². The summed E-state index contributed by atoms with van der Waals surface area (Å²) in [5, 5.41) is 2.99. The number of hydrogen-bond donors (Lipinski definition) is 0. The average molecular weight is 402 g/mol. The Morgan fingerprint density at radius 2 is 2.00 bits per heavy atom. The smallest absolute Gasteiger partial charge is 0.223 e. The minimum Gasteiger partial charge on any atom is -0.486 e. The van der Waals surface area contributed by atoms with E-state index in [0.717, 1.165) is 42.6 Å². The fourth-order valence-corrected chi connectivity index (χ4v) is 4.08. The summed E-state index contributed by atoms with van der Waals surface area (Å²) in [6.07, 6.45) is 3.14. The van der Waals surface area contributed by atoms with Gasteiger partial charge in [0, 0.05) is 24.9 Å². The van der Waals surface area contributed by atoms with E-state index >= 15 is 0 Å². The second kappa shape index (κ2) is 10.6. The molecule has 0 spiro atoms. The highest BCUT2D eigenvalue weighted by molar-refractivity contribution is 7.09. The maximum atomic E-state index is 12.7. The number of carbonyl (C=O) groups is 1. The normalized spacial score (nSPS) is 14.5. The molecule has 3 rings (SSSR count). The summed E-state index contributed by atoms with van der Waals surface area (Å²) in [7, 11) is 0. The molecule has 0 saturated carbocycles. The fourth-order valence-electron chi connectivity index (χ4n) is 3.38. The summed E-state index contributed by atoms with van der Waals surface area (Å²) in [5.74, 6) is 1.44. The molecule has 2 heterocycles. The highest BCUT2D eigenvalue weighted by atomic mass is 32.1. The van der Waals surface area contributed by atoms with E-state index in [2.05, 4.69) is 24.1 Å². The molecular formula is C22H31N3O2S. The van der Waals surface area contributed by atoms with E-state index in [4.69, 9.17) is 9.72 Å². The summed E-state index contributed by atoms with van der Waals surface area (Å²) in [6.45, 7) is 9.28. The van der Waals surface area contributed by atoms with Crippen molar-refractivity contribution in [3.63, 3.8) is 0 Å². The third-order valence-electron chi connectivity index (χ3n) is 4.88. The third kappa shape index (κ3) is 6.60. The van der Waals surface area contributed by atoms with Crippen molar-refractivity contribution in [3.05, 3.63) is 46.4 Å². The number of amides is 1. The highest BCUT2D eigenvalue weighted by Crippen LogP contribution is 2.17. The van der Waals surface area contributed by atoms with Gasteiger partial charge in [0.25, 0.3) is 0 Å². The second-order valence-electron chi connectivity index (χ2n) is 7.80. The molecule has 0 unspecified atom stereocenters. The Hall–Kier alpha value is -1.92. The zero-order valence-electron chi connectivity index (χ0n) is 17.0. The first-order valence-electron chi connectivity index (χ1n) is 10.2. The van der Waals surface area contributed by atoms with Crippen LogP contribution >= 0.6 is 11.3 Å². The van der Waals surface area contributed by atoms with Crippen LogP contribution < -0.4 is 4.74 Å². The number of ether oxygens (including phenoxy) is 1. The number of para-hydroxylation sites is 1. The predicted molar refractivity (Wildman–Crippen MR) is 113 cm³/mol. The SMILES string of the molecule is CC(C)CC(=O)N(CCN1CCCC1)Cc1csc(COc2ccccc2)n1. The van der Waals surface area contributed by atoms with Crippen LogP contribution in [0.3, 0.4) is 0 Å². The average Bonchev–Trinajstić information content (AvgIpc) is 3.35. The van der Waals surface area contributed by atoms with Crippen LogP contribution in [-0.2, 0) is 17.9 Å². The molecule has 1 aliphatic heterocycles. The molecule has 1 saturated heterocycles. The zero-order valence-corrected chi connectivity index (χ0v) is 17.8. The van der Waals surface area contributed by atoms with Gasteiger partial charge in [-0.1, -0.05) is 32.0 Å². The van der Waals surface area contributed by atoms with Crippen LogP contribution in [0.25, 0.3) is 0 Å². The number of rotatable bonds is 10. The van der Waals surface area contributed by atoms with Crippen molar-refractivity contribution >= 4 is 17.2 Å². The van der Waals surface area contributed by atoms with Crippen molar-refractivity contribution in [3.8, 4) is 5.75 Å². The van der Waals surface area contributed by atoms with Gasteiger partial charge in [0.1, 0.15) is 17.4 Å². The van der Waals surface area contributed by atoms with Crippen LogP contribution in [0.4, 0.5) is 0 Å². The van der Waals surface area contributed by atoms with Crippen LogP contribution in [0.5, 0.6) is 5.75 Å². The molecule has 0 bridgehead atoms. The van der Waals surface area contributed by atoms with E-state index in [1.807, 2.05) is 35.2 Å². The van der Waals surface area contributed by atoms with Gasteiger partial charge in [0.15, 0.2) is 0 Å². The van der Waals surface area contributed by atoms with E-state index < -0.39 is 0 Å². The molecule has 28 heavy (non-hydrogen) atoms. The minimum atomic E-state index is 0.226. The number of carbonyl (C=O) groups excluding carboxylic acids is 1. The van der Waals surface area contributed by atoms with Crippen LogP contribution in [0.15, 0.2) is 35.7 Å². The second-order valence-corrected chi connectivity index (χ2v) is 8.74. The van der Waals surface area contributed by atoms with E-state index in [0.29, 0.717) is 25.5 Å². The number of likely N-dealkylation sites (tertiary alicyclic amines) is 1. The van der Waals surface area contributed by atoms with E-state index in [9.17, 15) is 4.79 Å². The van der Waals surface area contributed by atoms with Crippen molar-refractivity contribution in [2.75, 3.05) is 26.2 Å². The van der Waals surface area contributed by atoms with Gasteiger partial charge in [-0.05, 0) is 44.0 Å². The van der Waals surface area contributed by atoms with E-state index in [1.165, 1.54) is 12.8 Å². The van der Waals surface area contributed by atoms with Gasteiger partial charge in [-0.15, -0.1) is 11.3 Å². The van der Waals surface area contributed by atoms with Crippen molar-refractivity contribution in [2.24, 2.45) is 5.92 Å². The molecule has 2 aromatic rings. The Balaban J connectivity index is 1.56. The molecule has 0 N–H and O–H groups in total. The molecule has 5 nitrogen and oxygen atoms in total. The lowest BCUT2D eigenvalue weighted by Crippen LogP contribution is -2.38.